The van der Waals surface area contributed by atoms with E-state index in [4.69, 9.17) is 0 Å². The third kappa shape index (κ3) is 3.78. The number of carbonyl (C=O) groups excluding carboxylic acids is 1. The Morgan fingerprint density at radius 1 is 1.47 bits per heavy atom. The molecule has 1 aromatic heterocycles. The van der Waals surface area contributed by atoms with Crippen LogP contribution < -0.4 is 5.32 Å². The summed E-state index contributed by atoms with van der Waals surface area (Å²) in [5.74, 6) is 0.521. The minimum Gasteiger partial charge on any atom is -0.302 e. The molecule has 1 fully saturated rings. The number of thiazole rings is 1. The van der Waals surface area contributed by atoms with E-state index in [2.05, 4.69) is 10.3 Å². The fourth-order valence-electron chi connectivity index (χ4n) is 1.86. The van der Waals surface area contributed by atoms with Gasteiger partial charge >= 0.3 is 0 Å². The molecule has 1 aromatic rings. The van der Waals surface area contributed by atoms with E-state index >= 15 is 0 Å². The maximum absolute atomic E-state index is 11.6. The number of amides is 1. The summed E-state index contributed by atoms with van der Waals surface area (Å²) in [4.78, 5) is 15.6. The molecule has 1 N–H and O–H groups in total. The molecular weight excluding hydrogens is 260 g/mol. The molecule has 0 unspecified atom stereocenters. The second kappa shape index (κ2) is 5.14. The number of aromatic nitrogens is 1. The average molecular weight is 274 g/mol. The van der Waals surface area contributed by atoms with Gasteiger partial charge in [0.2, 0.25) is 5.91 Å². The predicted molar refractivity (Wildman–Crippen MR) is 66.7 cm³/mol. The zero-order chi connectivity index (χ0) is 12.3. The lowest BCUT2D eigenvalue weighted by atomic mass is 9.99. The molecule has 1 aliphatic rings. The van der Waals surface area contributed by atoms with Crippen LogP contribution in [0.4, 0.5) is 5.13 Å². The number of rotatable bonds is 3. The van der Waals surface area contributed by atoms with E-state index < -0.39 is 9.84 Å². The van der Waals surface area contributed by atoms with E-state index in [0.717, 1.165) is 0 Å². The SMILES string of the molecule is O=C(CC1CCS(=O)(=O)CC1)Nc1nccs1. The van der Waals surface area contributed by atoms with E-state index in [9.17, 15) is 13.2 Å². The summed E-state index contributed by atoms with van der Waals surface area (Å²) in [6.07, 6.45) is 3.20. The maximum atomic E-state index is 11.6. The third-order valence-corrected chi connectivity index (χ3v) is 5.23. The molecule has 0 spiro atoms. The molecule has 5 nitrogen and oxygen atoms in total. The molecule has 0 bridgehead atoms. The fourth-order valence-corrected chi connectivity index (χ4v) is 3.99. The number of carbonyl (C=O) groups is 1. The third-order valence-electron chi connectivity index (χ3n) is 2.83. The van der Waals surface area contributed by atoms with Gasteiger partial charge in [0.15, 0.2) is 5.13 Å². The molecule has 0 aliphatic carbocycles. The van der Waals surface area contributed by atoms with Crippen molar-refractivity contribution in [2.75, 3.05) is 16.8 Å². The van der Waals surface area contributed by atoms with Gasteiger partial charge in [-0.1, -0.05) is 0 Å². The number of hydrogen-bond acceptors (Lipinski definition) is 5. The van der Waals surface area contributed by atoms with Crippen LogP contribution in [0.3, 0.4) is 0 Å². The van der Waals surface area contributed by atoms with Gasteiger partial charge in [0, 0.05) is 18.0 Å². The van der Waals surface area contributed by atoms with Crippen molar-refractivity contribution in [2.24, 2.45) is 5.92 Å². The average Bonchev–Trinajstić information content (AvgIpc) is 2.74. The van der Waals surface area contributed by atoms with Gasteiger partial charge in [-0.05, 0) is 18.8 Å². The Labute approximate surface area is 104 Å². The van der Waals surface area contributed by atoms with Crippen molar-refractivity contribution < 1.29 is 13.2 Å². The summed E-state index contributed by atoms with van der Waals surface area (Å²) >= 11 is 1.37. The Balaban J connectivity index is 1.80. The van der Waals surface area contributed by atoms with Crippen molar-refractivity contribution in [1.82, 2.24) is 4.98 Å². The van der Waals surface area contributed by atoms with E-state index in [0.29, 0.717) is 24.4 Å². The first-order chi connectivity index (χ1) is 8.05. The largest absolute Gasteiger partial charge is 0.302 e. The molecule has 0 saturated carbocycles. The summed E-state index contributed by atoms with van der Waals surface area (Å²) in [6.45, 7) is 0. The summed E-state index contributed by atoms with van der Waals surface area (Å²) in [6, 6.07) is 0. The molecular formula is C10H14N2O3S2. The number of nitrogens with zero attached hydrogens (tertiary/aromatic N) is 1. The highest BCUT2D eigenvalue weighted by Crippen LogP contribution is 2.22. The quantitative estimate of drug-likeness (QED) is 0.901. The molecule has 0 radical (unpaired) electrons. The summed E-state index contributed by atoms with van der Waals surface area (Å²) in [5.41, 5.74) is 0. The standard InChI is InChI=1S/C10H14N2O3S2/c13-9(12-10-11-3-4-16-10)7-8-1-5-17(14,15)6-2-8/h3-4,8H,1-2,5-7H2,(H,11,12,13). The lowest BCUT2D eigenvalue weighted by Crippen LogP contribution is -2.26. The molecule has 94 valence electrons. The molecule has 2 rings (SSSR count). The van der Waals surface area contributed by atoms with Crippen LogP contribution in [0.15, 0.2) is 11.6 Å². The van der Waals surface area contributed by atoms with Gasteiger partial charge in [-0.25, -0.2) is 13.4 Å². The number of nitrogens with one attached hydrogen (secondary N) is 1. The molecule has 1 amide bonds. The maximum Gasteiger partial charge on any atom is 0.226 e. The number of anilines is 1. The summed E-state index contributed by atoms with van der Waals surface area (Å²) in [7, 11) is -2.84. The Kier molecular flexibility index (Phi) is 3.78. The van der Waals surface area contributed by atoms with Crippen LogP contribution in [0.25, 0.3) is 0 Å². The zero-order valence-corrected chi connectivity index (χ0v) is 10.9. The van der Waals surface area contributed by atoms with E-state index in [1.54, 1.807) is 11.6 Å². The van der Waals surface area contributed by atoms with Crippen molar-refractivity contribution in [3.63, 3.8) is 0 Å². The van der Waals surface area contributed by atoms with Gasteiger partial charge in [-0.2, -0.15) is 0 Å². The van der Waals surface area contributed by atoms with Gasteiger partial charge in [0.25, 0.3) is 0 Å². The van der Waals surface area contributed by atoms with Crippen molar-refractivity contribution in [3.05, 3.63) is 11.6 Å². The number of hydrogen-bond donors (Lipinski definition) is 1. The van der Waals surface area contributed by atoms with Crippen LogP contribution in [0.2, 0.25) is 0 Å². The van der Waals surface area contributed by atoms with Crippen LogP contribution in [-0.4, -0.2) is 30.8 Å². The fraction of sp³-hybridized carbons (Fsp3) is 0.600. The molecule has 7 heteroatoms. The smallest absolute Gasteiger partial charge is 0.226 e. The molecule has 2 heterocycles. The summed E-state index contributed by atoms with van der Waals surface area (Å²) in [5, 5.41) is 5.10. The van der Waals surface area contributed by atoms with Crippen LogP contribution in [0.1, 0.15) is 19.3 Å². The second-order valence-electron chi connectivity index (χ2n) is 4.18. The monoisotopic (exact) mass is 274 g/mol. The Hall–Kier alpha value is -0.950. The van der Waals surface area contributed by atoms with E-state index in [-0.39, 0.29) is 23.3 Å². The molecule has 1 saturated heterocycles. The van der Waals surface area contributed by atoms with Crippen LogP contribution >= 0.6 is 11.3 Å². The van der Waals surface area contributed by atoms with Crippen molar-refractivity contribution in [3.8, 4) is 0 Å². The highest BCUT2D eigenvalue weighted by molar-refractivity contribution is 7.91. The minimum atomic E-state index is -2.84. The van der Waals surface area contributed by atoms with Crippen molar-refractivity contribution in [2.45, 2.75) is 19.3 Å². The normalized spacial score (nSPS) is 20.0. The molecule has 1 aliphatic heterocycles. The van der Waals surface area contributed by atoms with Crippen molar-refractivity contribution in [1.29, 1.82) is 0 Å². The first-order valence-corrected chi connectivity index (χ1v) is 8.15. The van der Waals surface area contributed by atoms with Crippen LogP contribution in [0, 0.1) is 5.92 Å². The lowest BCUT2D eigenvalue weighted by Gasteiger charge is -2.20. The van der Waals surface area contributed by atoms with Crippen LogP contribution in [-0.2, 0) is 14.6 Å². The van der Waals surface area contributed by atoms with Gasteiger partial charge in [-0.3, -0.25) is 4.79 Å². The Morgan fingerprint density at radius 3 is 2.76 bits per heavy atom. The van der Waals surface area contributed by atoms with Crippen molar-refractivity contribution >= 4 is 32.2 Å². The highest BCUT2D eigenvalue weighted by Gasteiger charge is 2.25. The number of sulfone groups is 1. The second-order valence-corrected chi connectivity index (χ2v) is 7.38. The van der Waals surface area contributed by atoms with E-state index in [1.165, 1.54) is 11.3 Å². The first-order valence-electron chi connectivity index (χ1n) is 5.45. The molecule has 17 heavy (non-hydrogen) atoms. The Bertz CT molecular complexity index is 468. The lowest BCUT2D eigenvalue weighted by molar-refractivity contribution is -0.117. The highest BCUT2D eigenvalue weighted by atomic mass is 32.2. The van der Waals surface area contributed by atoms with Gasteiger partial charge < -0.3 is 5.32 Å². The topological polar surface area (TPSA) is 76.1 Å². The minimum absolute atomic E-state index is 0.0794. The molecule has 0 atom stereocenters. The van der Waals surface area contributed by atoms with Gasteiger partial charge in [-0.15, -0.1) is 11.3 Å². The zero-order valence-electron chi connectivity index (χ0n) is 9.26. The van der Waals surface area contributed by atoms with E-state index in [1.807, 2.05) is 0 Å². The Morgan fingerprint density at radius 2 is 2.18 bits per heavy atom. The van der Waals surface area contributed by atoms with Gasteiger partial charge in [0.05, 0.1) is 11.5 Å². The first kappa shape index (κ1) is 12.5. The predicted octanol–water partition coefficient (Wildman–Crippen LogP) is 1.30. The molecule has 0 aromatic carbocycles. The van der Waals surface area contributed by atoms with Gasteiger partial charge in [0.1, 0.15) is 9.84 Å². The summed E-state index contributed by atoms with van der Waals surface area (Å²) < 4.78 is 22.5. The van der Waals surface area contributed by atoms with Crippen LogP contribution in [0.5, 0.6) is 0 Å².